The van der Waals surface area contributed by atoms with E-state index >= 15 is 0 Å². The van der Waals surface area contributed by atoms with Gasteiger partial charge in [0, 0.05) is 30.4 Å². The molecule has 1 aliphatic carbocycles. The molecular formula is C18H22N4OS. The number of aromatic nitrogens is 3. The van der Waals surface area contributed by atoms with E-state index in [0.29, 0.717) is 18.3 Å². The molecule has 2 atom stereocenters. The fourth-order valence-electron chi connectivity index (χ4n) is 4.09. The summed E-state index contributed by atoms with van der Waals surface area (Å²) in [7, 11) is 0. The van der Waals surface area contributed by atoms with Crippen molar-refractivity contribution in [1.82, 2.24) is 19.9 Å². The van der Waals surface area contributed by atoms with Gasteiger partial charge in [0.15, 0.2) is 10.8 Å². The monoisotopic (exact) mass is 342 g/mol. The topological polar surface area (TPSA) is 59.0 Å². The Morgan fingerprint density at radius 2 is 1.96 bits per heavy atom. The highest BCUT2D eigenvalue weighted by atomic mass is 32.1. The second kappa shape index (κ2) is 6.97. The Bertz CT molecular complexity index is 700. The number of amides is 1. The van der Waals surface area contributed by atoms with Crippen molar-refractivity contribution in [3.8, 4) is 10.8 Å². The van der Waals surface area contributed by atoms with Crippen molar-refractivity contribution in [2.45, 2.75) is 51.0 Å². The average Bonchev–Trinajstić information content (AvgIpc) is 3.10. The summed E-state index contributed by atoms with van der Waals surface area (Å²) in [4.78, 5) is 28.0. The number of rotatable bonds is 3. The van der Waals surface area contributed by atoms with E-state index in [2.05, 4.69) is 19.9 Å². The van der Waals surface area contributed by atoms with Crippen molar-refractivity contribution in [2.24, 2.45) is 5.92 Å². The third-order valence-electron chi connectivity index (χ3n) is 5.20. The lowest BCUT2D eigenvalue weighted by molar-refractivity contribution is -0.136. The van der Waals surface area contributed by atoms with E-state index in [4.69, 9.17) is 0 Å². The maximum absolute atomic E-state index is 12.8. The standard InChI is InChI=1S/C18H22N4OS/c23-16(22-10-3-6-13-5-1-2-7-15(13)22)11-14-12-24-18(21-14)17-19-8-4-9-20-17/h4,8-9,12-13,15H,1-3,5-7,10-11H2/t13-,15+/m1/s1. The van der Waals surface area contributed by atoms with Crippen molar-refractivity contribution < 1.29 is 4.79 Å². The molecule has 2 aromatic rings. The van der Waals surface area contributed by atoms with Crippen LogP contribution in [0.3, 0.4) is 0 Å². The molecule has 0 unspecified atom stereocenters. The van der Waals surface area contributed by atoms with E-state index in [1.54, 1.807) is 18.5 Å². The highest BCUT2D eigenvalue weighted by molar-refractivity contribution is 7.13. The maximum Gasteiger partial charge on any atom is 0.228 e. The zero-order chi connectivity index (χ0) is 16.4. The molecule has 126 valence electrons. The molecule has 1 saturated heterocycles. The maximum atomic E-state index is 12.8. The number of piperidine rings is 1. The van der Waals surface area contributed by atoms with E-state index in [0.717, 1.165) is 29.6 Å². The van der Waals surface area contributed by atoms with Gasteiger partial charge in [-0.05, 0) is 37.7 Å². The fourth-order valence-corrected chi connectivity index (χ4v) is 4.86. The summed E-state index contributed by atoms with van der Waals surface area (Å²) in [5.41, 5.74) is 0.838. The second-order valence-corrected chi connectivity index (χ2v) is 7.59. The highest BCUT2D eigenvalue weighted by Crippen LogP contribution is 2.35. The number of hydrogen-bond donors (Lipinski definition) is 0. The van der Waals surface area contributed by atoms with Crippen LogP contribution in [0.5, 0.6) is 0 Å². The average molecular weight is 342 g/mol. The van der Waals surface area contributed by atoms with E-state index < -0.39 is 0 Å². The molecule has 6 heteroatoms. The van der Waals surface area contributed by atoms with E-state index in [1.807, 2.05) is 5.38 Å². The third-order valence-corrected chi connectivity index (χ3v) is 6.09. The summed E-state index contributed by atoms with van der Waals surface area (Å²) in [6, 6.07) is 2.26. The molecule has 2 aliphatic rings. The first-order valence-electron chi connectivity index (χ1n) is 8.82. The van der Waals surface area contributed by atoms with Crippen molar-refractivity contribution in [2.75, 3.05) is 6.54 Å². The van der Waals surface area contributed by atoms with E-state index in [-0.39, 0.29) is 5.91 Å². The van der Waals surface area contributed by atoms with Crippen LogP contribution in [0.1, 0.15) is 44.2 Å². The van der Waals surface area contributed by atoms with Crippen molar-refractivity contribution in [3.05, 3.63) is 29.5 Å². The molecule has 4 rings (SSSR count). The van der Waals surface area contributed by atoms with Crippen LogP contribution in [-0.2, 0) is 11.2 Å². The molecular weight excluding hydrogens is 320 g/mol. The van der Waals surface area contributed by atoms with Gasteiger partial charge in [-0.3, -0.25) is 4.79 Å². The minimum Gasteiger partial charge on any atom is -0.339 e. The number of fused-ring (bicyclic) bond motifs is 1. The van der Waals surface area contributed by atoms with Crippen LogP contribution < -0.4 is 0 Å². The van der Waals surface area contributed by atoms with Gasteiger partial charge in [0.25, 0.3) is 0 Å². The third kappa shape index (κ3) is 3.20. The van der Waals surface area contributed by atoms with Crippen LogP contribution in [0.15, 0.2) is 23.8 Å². The van der Waals surface area contributed by atoms with Crippen molar-refractivity contribution in [1.29, 1.82) is 0 Å². The van der Waals surface area contributed by atoms with Gasteiger partial charge in [-0.2, -0.15) is 0 Å². The summed E-state index contributed by atoms with van der Waals surface area (Å²) in [6.45, 7) is 0.915. The van der Waals surface area contributed by atoms with Crippen LogP contribution >= 0.6 is 11.3 Å². The summed E-state index contributed by atoms with van der Waals surface area (Å²) < 4.78 is 0. The summed E-state index contributed by atoms with van der Waals surface area (Å²) in [5, 5.41) is 2.75. The van der Waals surface area contributed by atoms with Gasteiger partial charge >= 0.3 is 0 Å². The first kappa shape index (κ1) is 15.7. The van der Waals surface area contributed by atoms with Crippen LogP contribution in [0, 0.1) is 5.92 Å². The Balaban J connectivity index is 1.45. The first-order chi connectivity index (χ1) is 11.8. The van der Waals surface area contributed by atoms with E-state index in [9.17, 15) is 4.79 Å². The molecule has 2 aromatic heterocycles. The molecule has 5 nitrogen and oxygen atoms in total. The Kier molecular flexibility index (Phi) is 4.56. The molecule has 0 bridgehead atoms. The van der Waals surface area contributed by atoms with Gasteiger partial charge in [0.05, 0.1) is 12.1 Å². The lowest BCUT2D eigenvalue weighted by atomic mass is 9.78. The number of hydrogen-bond acceptors (Lipinski definition) is 5. The van der Waals surface area contributed by atoms with Crippen molar-refractivity contribution in [3.63, 3.8) is 0 Å². The number of carbonyl (C=O) groups is 1. The summed E-state index contributed by atoms with van der Waals surface area (Å²) in [6.07, 6.45) is 11.3. The number of carbonyl (C=O) groups excluding carboxylic acids is 1. The lowest BCUT2D eigenvalue weighted by Crippen LogP contribution is -2.50. The van der Waals surface area contributed by atoms with Crippen LogP contribution in [0.2, 0.25) is 0 Å². The Hall–Kier alpha value is -1.82. The lowest BCUT2D eigenvalue weighted by Gasteiger charge is -2.44. The molecule has 0 radical (unpaired) electrons. The van der Waals surface area contributed by atoms with Crippen LogP contribution in [0.4, 0.5) is 0 Å². The summed E-state index contributed by atoms with van der Waals surface area (Å²) >= 11 is 1.51. The minimum atomic E-state index is 0.234. The molecule has 24 heavy (non-hydrogen) atoms. The zero-order valence-corrected chi connectivity index (χ0v) is 14.5. The molecule has 1 saturated carbocycles. The fraction of sp³-hybridized carbons (Fsp3) is 0.556. The minimum absolute atomic E-state index is 0.234. The number of nitrogens with zero attached hydrogens (tertiary/aromatic N) is 4. The molecule has 0 N–H and O–H groups in total. The van der Waals surface area contributed by atoms with Gasteiger partial charge in [-0.1, -0.05) is 12.8 Å². The predicted octanol–water partition coefficient (Wildman–Crippen LogP) is 3.32. The van der Waals surface area contributed by atoms with Gasteiger partial charge in [0.2, 0.25) is 5.91 Å². The molecule has 3 heterocycles. The van der Waals surface area contributed by atoms with Gasteiger partial charge in [0.1, 0.15) is 0 Å². The molecule has 1 aliphatic heterocycles. The largest absolute Gasteiger partial charge is 0.339 e. The van der Waals surface area contributed by atoms with Crippen molar-refractivity contribution >= 4 is 17.2 Å². The second-order valence-electron chi connectivity index (χ2n) is 6.73. The van der Waals surface area contributed by atoms with Gasteiger partial charge in [-0.15, -0.1) is 11.3 Å². The molecule has 0 aromatic carbocycles. The normalized spacial score (nSPS) is 23.8. The molecule has 2 fully saturated rings. The Morgan fingerprint density at radius 1 is 1.17 bits per heavy atom. The zero-order valence-electron chi connectivity index (χ0n) is 13.7. The highest BCUT2D eigenvalue weighted by Gasteiger charge is 2.35. The van der Waals surface area contributed by atoms with E-state index in [1.165, 1.54) is 43.4 Å². The van der Waals surface area contributed by atoms with Crippen LogP contribution in [0.25, 0.3) is 10.8 Å². The number of thiazole rings is 1. The Morgan fingerprint density at radius 3 is 2.83 bits per heavy atom. The van der Waals surface area contributed by atoms with Crippen LogP contribution in [-0.4, -0.2) is 38.3 Å². The Labute approximate surface area is 146 Å². The first-order valence-corrected chi connectivity index (χ1v) is 9.70. The summed E-state index contributed by atoms with van der Waals surface area (Å²) in [5.74, 6) is 1.59. The number of likely N-dealkylation sites (tertiary alicyclic amines) is 1. The quantitative estimate of drug-likeness (QED) is 0.858. The smallest absolute Gasteiger partial charge is 0.228 e. The SMILES string of the molecule is O=C(Cc1csc(-c2ncccn2)n1)N1CCC[C@H]2CCCC[C@@H]21. The van der Waals surface area contributed by atoms with Gasteiger partial charge < -0.3 is 4.90 Å². The molecule has 1 amide bonds. The predicted molar refractivity (Wildman–Crippen MR) is 93.5 cm³/mol. The van der Waals surface area contributed by atoms with Gasteiger partial charge in [-0.25, -0.2) is 15.0 Å². The molecule has 0 spiro atoms.